The first kappa shape index (κ1) is 19.1. The van der Waals surface area contributed by atoms with Gasteiger partial charge in [0.1, 0.15) is 10.7 Å². The van der Waals surface area contributed by atoms with Gasteiger partial charge in [-0.1, -0.05) is 18.2 Å². The van der Waals surface area contributed by atoms with Crippen LogP contribution < -0.4 is 5.32 Å². The summed E-state index contributed by atoms with van der Waals surface area (Å²) >= 11 is 0. The first-order valence-electron chi connectivity index (χ1n) is 9.18. The van der Waals surface area contributed by atoms with E-state index < -0.39 is 10.0 Å². The van der Waals surface area contributed by atoms with Gasteiger partial charge in [0.2, 0.25) is 0 Å². The van der Waals surface area contributed by atoms with Gasteiger partial charge in [-0.05, 0) is 30.3 Å². The van der Waals surface area contributed by atoms with Gasteiger partial charge in [-0.2, -0.15) is 13.7 Å². The molecule has 0 saturated carbocycles. The van der Waals surface area contributed by atoms with Crippen molar-refractivity contribution in [3.05, 3.63) is 59.7 Å². The summed E-state index contributed by atoms with van der Waals surface area (Å²) in [4.78, 5) is 16.7. The third-order valence-electron chi connectivity index (χ3n) is 4.95. The van der Waals surface area contributed by atoms with Gasteiger partial charge < -0.3 is 10.2 Å². The van der Waals surface area contributed by atoms with Crippen molar-refractivity contribution < 1.29 is 13.2 Å². The molecule has 2 heterocycles. The fourth-order valence-electron chi connectivity index (χ4n) is 3.46. The molecule has 0 aliphatic carbocycles. The normalized spacial score (nSPS) is 18.2. The Kier molecular flexibility index (Phi) is 5.05. The quantitative estimate of drug-likeness (QED) is 0.824. The molecule has 0 unspecified atom stereocenters. The number of carbonyl (C=O) groups is 1. The standard InChI is InChI=1S/C20H19N5O3S/c21-13-15-4-3-5-16(12-15)20(26)25-10-8-24(9-11-25)14-19-22-17-6-1-2-7-18(17)29(27,28)23-19/h1-7,12H,8-11,14H2,(H,22,23). The first-order valence-corrected chi connectivity index (χ1v) is 10.6. The van der Waals surface area contributed by atoms with Gasteiger partial charge in [-0.15, -0.1) is 4.40 Å². The van der Waals surface area contributed by atoms with Crippen LogP contribution in [0.1, 0.15) is 15.9 Å². The molecule has 148 valence electrons. The van der Waals surface area contributed by atoms with E-state index in [0.29, 0.717) is 55.4 Å². The molecule has 0 atom stereocenters. The molecule has 9 heteroatoms. The minimum Gasteiger partial charge on any atom is -0.341 e. The van der Waals surface area contributed by atoms with Crippen LogP contribution in [0.2, 0.25) is 0 Å². The summed E-state index contributed by atoms with van der Waals surface area (Å²) in [5.41, 5.74) is 1.49. The number of hydrogen-bond donors (Lipinski definition) is 1. The van der Waals surface area contributed by atoms with Crippen LogP contribution in [0, 0.1) is 11.3 Å². The van der Waals surface area contributed by atoms with E-state index in [2.05, 4.69) is 14.6 Å². The van der Waals surface area contributed by atoms with Crippen LogP contribution in [-0.2, 0) is 10.0 Å². The maximum absolute atomic E-state index is 12.7. The zero-order valence-corrected chi connectivity index (χ0v) is 16.4. The minimum absolute atomic E-state index is 0.105. The average molecular weight is 409 g/mol. The number of nitriles is 1. The Bertz CT molecular complexity index is 1130. The number of amides is 1. The van der Waals surface area contributed by atoms with Crippen LogP contribution in [0.4, 0.5) is 5.69 Å². The Labute approximate surface area is 169 Å². The van der Waals surface area contributed by atoms with Crippen molar-refractivity contribution in [3.8, 4) is 6.07 Å². The zero-order chi connectivity index (χ0) is 20.4. The molecule has 0 aromatic heterocycles. The molecule has 0 bridgehead atoms. The molecule has 1 saturated heterocycles. The fourth-order valence-corrected chi connectivity index (χ4v) is 4.60. The number of hydrogen-bond acceptors (Lipinski definition) is 6. The molecule has 4 rings (SSSR count). The number of nitrogens with one attached hydrogen (secondary N) is 1. The molecule has 2 aliphatic heterocycles. The van der Waals surface area contributed by atoms with E-state index in [1.54, 1.807) is 47.4 Å². The second-order valence-electron chi connectivity index (χ2n) is 6.90. The smallest absolute Gasteiger partial charge is 0.286 e. The topological polar surface area (TPSA) is 106 Å². The van der Waals surface area contributed by atoms with Crippen molar-refractivity contribution in [3.63, 3.8) is 0 Å². The van der Waals surface area contributed by atoms with Crippen LogP contribution in [0.3, 0.4) is 0 Å². The van der Waals surface area contributed by atoms with Crippen molar-refractivity contribution in [1.29, 1.82) is 5.26 Å². The van der Waals surface area contributed by atoms with E-state index in [9.17, 15) is 13.2 Å². The van der Waals surface area contributed by atoms with Crippen LogP contribution in [-0.4, -0.2) is 62.7 Å². The molecule has 2 aromatic rings. The summed E-state index contributed by atoms with van der Waals surface area (Å²) in [7, 11) is -3.70. The predicted octanol–water partition coefficient (Wildman–Crippen LogP) is 1.53. The van der Waals surface area contributed by atoms with Crippen LogP contribution in [0.5, 0.6) is 0 Å². The molecule has 2 aromatic carbocycles. The van der Waals surface area contributed by atoms with Crippen molar-refractivity contribution in [1.82, 2.24) is 9.80 Å². The van der Waals surface area contributed by atoms with Gasteiger partial charge in [-0.3, -0.25) is 9.69 Å². The lowest BCUT2D eigenvalue weighted by Gasteiger charge is -2.35. The Morgan fingerprint density at radius 2 is 1.86 bits per heavy atom. The van der Waals surface area contributed by atoms with E-state index >= 15 is 0 Å². The first-order chi connectivity index (χ1) is 14.0. The molecule has 8 nitrogen and oxygen atoms in total. The molecule has 1 N–H and O–H groups in total. The lowest BCUT2D eigenvalue weighted by molar-refractivity contribution is 0.0654. The van der Waals surface area contributed by atoms with Crippen molar-refractivity contribution >= 4 is 27.5 Å². The SMILES string of the molecule is N#Cc1cccc(C(=O)N2CCN(CC3=NS(=O)(=O)c4ccccc4N3)CC2)c1. The molecule has 1 fully saturated rings. The van der Waals surface area contributed by atoms with E-state index in [4.69, 9.17) is 5.26 Å². The molecular weight excluding hydrogens is 390 g/mol. The Morgan fingerprint density at radius 3 is 2.62 bits per heavy atom. The summed E-state index contributed by atoms with van der Waals surface area (Å²) in [6.45, 7) is 2.61. The van der Waals surface area contributed by atoms with Gasteiger partial charge in [0.15, 0.2) is 0 Å². The van der Waals surface area contributed by atoms with Crippen LogP contribution >= 0.6 is 0 Å². The highest BCUT2D eigenvalue weighted by Crippen LogP contribution is 2.26. The number of para-hydroxylation sites is 1. The van der Waals surface area contributed by atoms with Crippen LogP contribution in [0.25, 0.3) is 0 Å². The zero-order valence-electron chi connectivity index (χ0n) is 15.6. The molecular formula is C20H19N5O3S. The summed E-state index contributed by atoms with van der Waals surface area (Å²) in [5, 5.41) is 12.1. The number of amidine groups is 1. The largest absolute Gasteiger partial charge is 0.341 e. The number of sulfonamides is 1. The number of rotatable bonds is 3. The van der Waals surface area contributed by atoms with Crippen molar-refractivity contribution in [2.24, 2.45) is 4.40 Å². The number of fused-ring (bicyclic) bond motifs is 1. The van der Waals surface area contributed by atoms with Gasteiger partial charge in [-0.25, -0.2) is 0 Å². The highest BCUT2D eigenvalue weighted by atomic mass is 32.2. The Morgan fingerprint density at radius 1 is 1.10 bits per heavy atom. The van der Waals surface area contributed by atoms with Gasteiger partial charge in [0, 0.05) is 31.7 Å². The Hall–Kier alpha value is -3.22. The lowest BCUT2D eigenvalue weighted by atomic mass is 10.1. The number of carbonyl (C=O) groups excluding carboxylic acids is 1. The summed E-state index contributed by atoms with van der Waals surface area (Å²) in [6.07, 6.45) is 0. The maximum Gasteiger partial charge on any atom is 0.286 e. The molecule has 29 heavy (non-hydrogen) atoms. The molecule has 2 aliphatic rings. The van der Waals surface area contributed by atoms with E-state index in [0.717, 1.165) is 0 Å². The van der Waals surface area contributed by atoms with Crippen LogP contribution in [0.15, 0.2) is 57.8 Å². The number of piperazine rings is 1. The lowest BCUT2D eigenvalue weighted by Crippen LogP contribution is -2.50. The molecule has 0 radical (unpaired) electrons. The maximum atomic E-state index is 12.7. The summed E-state index contributed by atoms with van der Waals surface area (Å²) in [5.74, 6) is 0.275. The van der Waals surface area contributed by atoms with Crippen molar-refractivity contribution in [2.75, 3.05) is 38.0 Å². The number of nitrogens with zero attached hydrogens (tertiary/aromatic N) is 4. The van der Waals surface area contributed by atoms with Gasteiger partial charge in [0.25, 0.3) is 15.9 Å². The highest BCUT2D eigenvalue weighted by molar-refractivity contribution is 7.90. The number of benzene rings is 2. The summed E-state index contributed by atoms with van der Waals surface area (Å²) < 4.78 is 28.6. The average Bonchev–Trinajstić information content (AvgIpc) is 2.73. The second kappa shape index (κ2) is 7.66. The second-order valence-corrected chi connectivity index (χ2v) is 8.47. The van der Waals surface area contributed by atoms with E-state index in [-0.39, 0.29) is 10.8 Å². The summed E-state index contributed by atoms with van der Waals surface area (Å²) in [6, 6.07) is 15.4. The molecule has 1 amide bonds. The third-order valence-corrected chi connectivity index (χ3v) is 6.32. The minimum atomic E-state index is -3.70. The fraction of sp³-hybridized carbons (Fsp3) is 0.250. The monoisotopic (exact) mass is 409 g/mol. The highest BCUT2D eigenvalue weighted by Gasteiger charge is 2.27. The van der Waals surface area contributed by atoms with Crippen molar-refractivity contribution in [2.45, 2.75) is 4.90 Å². The predicted molar refractivity (Wildman–Crippen MR) is 108 cm³/mol. The third kappa shape index (κ3) is 3.99. The van der Waals surface area contributed by atoms with E-state index in [1.807, 2.05) is 6.07 Å². The number of anilines is 1. The molecule has 0 spiro atoms. The van der Waals surface area contributed by atoms with E-state index in [1.165, 1.54) is 6.07 Å². The van der Waals surface area contributed by atoms with Gasteiger partial charge >= 0.3 is 0 Å². The Balaban J connectivity index is 1.39. The van der Waals surface area contributed by atoms with Gasteiger partial charge in [0.05, 0.1) is 23.9 Å².